The molecule has 14 heavy (non-hydrogen) atoms. The second-order valence-electron chi connectivity index (χ2n) is 3.84. The van der Waals surface area contributed by atoms with Crippen LogP contribution in [0.2, 0.25) is 0 Å². The van der Waals surface area contributed by atoms with E-state index in [4.69, 9.17) is 17.3 Å². The maximum atomic E-state index is 11.3. The van der Waals surface area contributed by atoms with Crippen LogP contribution in [0.15, 0.2) is 0 Å². The number of carbonyl (C=O) groups excluding carboxylic acids is 1. The van der Waals surface area contributed by atoms with Crippen molar-refractivity contribution in [2.75, 3.05) is 19.6 Å². The third-order valence-electron chi connectivity index (χ3n) is 2.55. The SMILES string of the molecule is NCCCCCCN1CC(Cl)CC1=O. The van der Waals surface area contributed by atoms with Gasteiger partial charge in [0.2, 0.25) is 5.91 Å². The van der Waals surface area contributed by atoms with Gasteiger partial charge in [-0.05, 0) is 19.4 Å². The lowest BCUT2D eigenvalue weighted by Gasteiger charge is -2.15. The number of carbonyl (C=O) groups is 1. The molecule has 0 aromatic heterocycles. The Kier molecular flexibility index (Phi) is 5.26. The molecular weight excluding hydrogens is 200 g/mol. The number of unbranched alkanes of at least 4 members (excludes halogenated alkanes) is 3. The number of amides is 1. The fourth-order valence-electron chi connectivity index (χ4n) is 1.74. The zero-order valence-corrected chi connectivity index (χ0v) is 9.30. The van der Waals surface area contributed by atoms with Gasteiger partial charge in [-0.25, -0.2) is 0 Å². The van der Waals surface area contributed by atoms with Gasteiger partial charge in [0.1, 0.15) is 0 Å². The first-order valence-corrected chi connectivity index (χ1v) is 5.79. The summed E-state index contributed by atoms with van der Waals surface area (Å²) in [6.45, 7) is 2.37. The van der Waals surface area contributed by atoms with Gasteiger partial charge in [0, 0.05) is 19.5 Å². The molecule has 1 aliphatic rings. The van der Waals surface area contributed by atoms with Gasteiger partial charge >= 0.3 is 0 Å². The van der Waals surface area contributed by atoms with Gasteiger partial charge in [0.25, 0.3) is 0 Å². The third kappa shape index (κ3) is 3.84. The first-order chi connectivity index (χ1) is 6.74. The van der Waals surface area contributed by atoms with Crippen molar-refractivity contribution < 1.29 is 4.79 Å². The van der Waals surface area contributed by atoms with E-state index in [1.807, 2.05) is 4.90 Å². The van der Waals surface area contributed by atoms with Gasteiger partial charge in [-0.1, -0.05) is 12.8 Å². The normalized spacial score (nSPS) is 22.0. The van der Waals surface area contributed by atoms with Crippen LogP contribution >= 0.6 is 11.6 Å². The van der Waals surface area contributed by atoms with Crippen LogP contribution in [0.4, 0.5) is 0 Å². The number of nitrogens with zero attached hydrogens (tertiary/aromatic N) is 1. The van der Waals surface area contributed by atoms with Crippen molar-refractivity contribution in [3.05, 3.63) is 0 Å². The van der Waals surface area contributed by atoms with Crippen molar-refractivity contribution >= 4 is 17.5 Å². The Hall–Kier alpha value is -0.280. The zero-order valence-electron chi connectivity index (χ0n) is 8.54. The van der Waals surface area contributed by atoms with Crippen LogP contribution < -0.4 is 5.73 Å². The van der Waals surface area contributed by atoms with E-state index in [1.54, 1.807) is 0 Å². The molecule has 82 valence electrons. The molecule has 2 N–H and O–H groups in total. The molecular formula is C10H19ClN2O. The van der Waals surface area contributed by atoms with Gasteiger partial charge < -0.3 is 10.6 Å². The Morgan fingerprint density at radius 2 is 2.07 bits per heavy atom. The maximum absolute atomic E-state index is 11.3. The second kappa shape index (κ2) is 6.25. The number of alkyl halides is 1. The van der Waals surface area contributed by atoms with Gasteiger partial charge in [0.15, 0.2) is 0 Å². The fraction of sp³-hybridized carbons (Fsp3) is 0.900. The minimum Gasteiger partial charge on any atom is -0.341 e. The van der Waals surface area contributed by atoms with E-state index in [-0.39, 0.29) is 11.3 Å². The molecule has 0 spiro atoms. The molecule has 1 fully saturated rings. The minimum atomic E-state index is 0.0338. The molecule has 0 bridgehead atoms. The number of likely N-dealkylation sites (tertiary alicyclic amines) is 1. The van der Waals surface area contributed by atoms with Crippen LogP contribution in [0, 0.1) is 0 Å². The number of halogens is 1. The van der Waals surface area contributed by atoms with Gasteiger partial charge in [-0.3, -0.25) is 4.79 Å². The molecule has 0 aromatic rings. The van der Waals surface area contributed by atoms with Gasteiger partial charge in [0.05, 0.1) is 5.38 Å². The first kappa shape index (κ1) is 11.8. The van der Waals surface area contributed by atoms with Crippen molar-refractivity contribution in [1.29, 1.82) is 0 Å². The molecule has 4 heteroatoms. The van der Waals surface area contributed by atoms with E-state index < -0.39 is 0 Å². The van der Waals surface area contributed by atoms with E-state index in [0.717, 1.165) is 38.9 Å². The summed E-state index contributed by atoms with van der Waals surface area (Å²) < 4.78 is 0. The Morgan fingerprint density at radius 3 is 2.64 bits per heavy atom. The lowest BCUT2D eigenvalue weighted by atomic mass is 10.2. The second-order valence-corrected chi connectivity index (χ2v) is 4.46. The highest BCUT2D eigenvalue weighted by molar-refractivity contribution is 6.22. The van der Waals surface area contributed by atoms with E-state index in [9.17, 15) is 4.79 Å². The molecule has 3 nitrogen and oxygen atoms in total. The van der Waals surface area contributed by atoms with Gasteiger partial charge in [-0.2, -0.15) is 0 Å². The Morgan fingerprint density at radius 1 is 1.36 bits per heavy atom. The quantitative estimate of drug-likeness (QED) is 0.540. The highest BCUT2D eigenvalue weighted by Gasteiger charge is 2.26. The highest BCUT2D eigenvalue weighted by Crippen LogP contribution is 2.16. The number of hydrogen-bond donors (Lipinski definition) is 1. The third-order valence-corrected chi connectivity index (χ3v) is 2.84. The summed E-state index contributed by atoms with van der Waals surface area (Å²) in [4.78, 5) is 13.2. The van der Waals surface area contributed by atoms with Crippen molar-refractivity contribution in [1.82, 2.24) is 4.90 Å². The van der Waals surface area contributed by atoms with E-state index in [2.05, 4.69) is 0 Å². The largest absolute Gasteiger partial charge is 0.341 e. The average molecular weight is 219 g/mol. The lowest BCUT2D eigenvalue weighted by molar-refractivity contribution is -0.127. The van der Waals surface area contributed by atoms with E-state index >= 15 is 0 Å². The zero-order chi connectivity index (χ0) is 10.4. The van der Waals surface area contributed by atoms with E-state index in [1.165, 1.54) is 6.42 Å². The lowest BCUT2D eigenvalue weighted by Crippen LogP contribution is -2.26. The van der Waals surface area contributed by atoms with Crippen LogP contribution in [-0.2, 0) is 4.79 Å². The summed E-state index contributed by atoms with van der Waals surface area (Å²) in [5.41, 5.74) is 5.39. The summed E-state index contributed by atoms with van der Waals surface area (Å²) >= 11 is 5.89. The molecule has 0 aliphatic carbocycles. The molecule has 1 unspecified atom stereocenters. The summed E-state index contributed by atoms with van der Waals surface area (Å²) in [5, 5.41) is 0.0338. The smallest absolute Gasteiger partial charge is 0.224 e. The molecule has 0 aromatic carbocycles. The fourth-order valence-corrected chi connectivity index (χ4v) is 2.04. The average Bonchev–Trinajstić information content (AvgIpc) is 2.45. The molecule has 1 amide bonds. The van der Waals surface area contributed by atoms with Crippen molar-refractivity contribution in [2.24, 2.45) is 5.73 Å². The number of nitrogens with two attached hydrogens (primary N) is 1. The molecule has 1 heterocycles. The Labute approximate surface area is 90.6 Å². The highest BCUT2D eigenvalue weighted by atomic mass is 35.5. The summed E-state index contributed by atoms with van der Waals surface area (Å²) in [5.74, 6) is 0.212. The van der Waals surface area contributed by atoms with Crippen molar-refractivity contribution in [3.63, 3.8) is 0 Å². The van der Waals surface area contributed by atoms with Crippen LogP contribution in [-0.4, -0.2) is 35.8 Å². The molecule has 1 aliphatic heterocycles. The molecule has 0 saturated carbocycles. The van der Waals surface area contributed by atoms with Gasteiger partial charge in [-0.15, -0.1) is 11.6 Å². The van der Waals surface area contributed by atoms with Crippen LogP contribution in [0.25, 0.3) is 0 Å². The van der Waals surface area contributed by atoms with Crippen LogP contribution in [0.3, 0.4) is 0 Å². The Balaban J connectivity index is 2.04. The molecule has 1 saturated heterocycles. The molecule has 0 radical (unpaired) electrons. The predicted octanol–water partition coefficient (Wildman–Crippen LogP) is 1.35. The molecule has 1 atom stereocenters. The van der Waals surface area contributed by atoms with Crippen molar-refractivity contribution in [3.8, 4) is 0 Å². The number of rotatable bonds is 6. The predicted molar refractivity (Wildman–Crippen MR) is 58.4 cm³/mol. The molecule has 1 rings (SSSR count). The monoisotopic (exact) mass is 218 g/mol. The van der Waals surface area contributed by atoms with E-state index in [0.29, 0.717) is 6.42 Å². The minimum absolute atomic E-state index is 0.0338. The number of hydrogen-bond acceptors (Lipinski definition) is 2. The topological polar surface area (TPSA) is 46.3 Å². The summed E-state index contributed by atoms with van der Waals surface area (Å²) in [6.07, 6.45) is 5.02. The maximum Gasteiger partial charge on any atom is 0.224 e. The van der Waals surface area contributed by atoms with Crippen LogP contribution in [0.1, 0.15) is 32.1 Å². The van der Waals surface area contributed by atoms with Crippen LogP contribution in [0.5, 0.6) is 0 Å². The Bertz CT molecular complexity index is 187. The van der Waals surface area contributed by atoms with Crippen molar-refractivity contribution in [2.45, 2.75) is 37.5 Å². The summed E-state index contributed by atoms with van der Waals surface area (Å²) in [6, 6.07) is 0. The first-order valence-electron chi connectivity index (χ1n) is 5.36. The standard InChI is InChI=1S/C10H19ClN2O/c11-9-7-10(14)13(8-9)6-4-2-1-3-5-12/h9H,1-8,12H2. The summed E-state index contributed by atoms with van der Waals surface area (Å²) in [7, 11) is 0.